The van der Waals surface area contributed by atoms with E-state index in [1.165, 1.54) is 4.31 Å². The highest BCUT2D eigenvalue weighted by Crippen LogP contribution is 2.22. The zero-order valence-corrected chi connectivity index (χ0v) is 23.4. The van der Waals surface area contributed by atoms with Crippen molar-refractivity contribution in [3.05, 3.63) is 64.7 Å². The summed E-state index contributed by atoms with van der Waals surface area (Å²) < 4.78 is 26.1. The summed E-state index contributed by atoms with van der Waals surface area (Å²) in [6, 6.07) is 13.8. The highest BCUT2D eigenvalue weighted by molar-refractivity contribution is 7.92. The molecule has 0 aliphatic rings. The number of nitrogens with zero attached hydrogens (tertiary/aromatic N) is 2. The van der Waals surface area contributed by atoms with E-state index in [1.54, 1.807) is 29.2 Å². The number of amides is 2. The van der Waals surface area contributed by atoms with E-state index < -0.39 is 16.1 Å². The van der Waals surface area contributed by atoms with Crippen molar-refractivity contribution < 1.29 is 18.0 Å². The van der Waals surface area contributed by atoms with Gasteiger partial charge in [-0.25, -0.2) is 8.42 Å². The van der Waals surface area contributed by atoms with Crippen LogP contribution in [0.5, 0.6) is 0 Å². The summed E-state index contributed by atoms with van der Waals surface area (Å²) in [4.78, 5) is 28.1. The van der Waals surface area contributed by atoms with Gasteiger partial charge in [-0.2, -0.15) is 0 Å². The maximum atomic E-state index is 13.4. The van der Waals surface area contributed by atoms with Crippen LogP contribution >= 0.6 is 11.6 Å². The standard InChI is InChI=1S/C27H38ClN3O4S/c1-6-25(27(33)29-18-20(2)3)30(19-22-10-7-9-21(4)17-22)26(32)11-8-16-31(36(5,34)35)24-14-12-23(28)13-15-24/h7,9-10,12-15,17,20,25H,6,8,11,16,18-19H2,1-5H3,(H,29,33)/t25-/m1/s1. The summed E-state index contributed by atoms with van der Waals surface area (Å²) >= 11 is 5.95. The fourth-order valence-corrected chi connectivity index (χ4v) is 5.05. The summed E-state index contributed by atoms with van der Waals surface area (Å²) in [6.07, 6.45) is 2.03. The van der Waals surface area contributed by atoms with Crippen molar-refractivity contribution in [3.8, 4) is 0 Å². The second-order valence-electron chi connectivity index (χ2n) is 9.49. The van der Waals surface area contributed by atoms with Crippen molar-refractivity contribution in [1.29, 1.82) is 0 Å². The SMILES string of the molecule is CC[C@H](C(=O)NCC(C)C)N(Cc1cccc(C)c1)C(=O)CCCN(c1ccc(Cl)cc1)S(C)(=O)=O. The number of halogens is 1. The average Bonchev–Trinajstić information content (AvgIpc) is 2.80. The Bertz CT molecular complexity index is 1120. The van der Waals surface area contributed by atoms with Gasteiger partial charge in [-0.05, 0) is 55.5 Å². The predicted octanol–water partition coefficient (Wildman–Crippen LogP) is 4.77. The topological polar surface area (TPSA) is 86.8 Å². The van der Waals surface area contributed by atoms with E-state index in [9.17, 15) is 18.0 Å². The molecule has 2 aromatic carbocycles. The van der Waals surface area contributed by atoms with Crippen LogP contribution in [-0.2, 0) is 26.2 Å². The molecule has 0 aliphatic heterocycles. The second kappa shape index (κ2) is 13.7. The summed E-state index contributed by atoms with van der Waals surface area (Å²) in [5.41, 5.74) is 2.51. The summed E-state index contributed by atoms with van der Waals surface area (Å²) in [5.74, 6) is -0.0686. The van der Waals surface area contributed by atoms with Crippen LogP contribution in [0.3, 0.4) is 0 Å². The van der Waals surface area contributed by atoms with Crippen LogP contribution in [0.2, 0.25) is 5.02 Å². The summed E-state index contributed by atoms with van der Waals surface area (Å²) in [6.45, 7) is 8.89. The summed E-state index contributed by atoms with van der Waals surface area (Å²) in [7, 11) is -3.55. The lowest BCUT2D eigenvalue weighted by Gasteiger charge is -2.31. The maximum absolute atomic E-state index is 13.4. The van der Waals surface area contributed by atoms with E-state index in [2.05, 4.69) is 5.32 Å². The van der Waals surface area contributed by atoms with Crippen molar-refractivity contribution >= 4 is 39.1 Å². The molecule has 0 fully saturated rings. The Balaban J connectivity index is 2.20. The monoisotopic (exact) mass is 535 g/mol. The molecule has 2 aromatic rings. The molecule has 0 unspecified atom stereocenters. The normalized spacial score (nSPS) is 12.3. The number of hydrogen-bond donors (Lipinski definition) is 1. The van der Waals surface area contributed by atoms with Gasteiger partial charge in [0.2, 0.25) is 21.8 Å². The van der Waals surface area contributed by atoms with Gasteiger partial charge in [0.15, 0.2) is 0 Å². The first-order chi connectivity index (χ1) is 16.9. The Hall–Kier alpha value is -2.58. The van der Waals surface area contributed by atoms with E-state index >= 15 is 0 Å². The number of carbonyl (C=O) groups excluding carboxylic acids is 2. The number of carbonyl (C=O) groups is 2. The van der Waals surface area contributed by atoms with E-state index in [-0.39, 0.29) is 24.8 Å². The van der Waals surface area contributed by atoms with E-state index in [0.717, 1.165) is 17.4 Å². The molecule has 1 atom stereocenters. The van der Waals surface area contributed by atoms with E-state index in [4.69, 9.17) is 11.6 Å². The molecule has 0 heterocycles. The third kappa shape index (κ3) is 9.13. The molecule has 0 spiro atoms. The number of nitrogens with one attached hydrogen (secondary N) is 1. The van der Waals surface area contributed by atoms with Gasteiger partial charge in [0, 0.05) is 31.1 Å². The van der Waals surface area contributed by atoms with Gasteiger partial charge >= 0.3 is 0 Å². The first-order valence-electron chi connectivity index (χ1n) is 12.3. The molecule has 0 aliphatic carbocycles. The maximum Gasteiger partial charge on any atom is 0.242 e. The molecule has 9 heteroatoms. The van der Waals surface area contributed by atoms with Crippen LogP contribution in [0.4, 0.5) is 5.69 Å². The third-order valence-corrected chi connectivity index (χ3v) is 7.22. The van der Waals surface area contributed by atoms with Crippen LogP contribution in [0, 0.1) is 12.8 Å². The minimum Gasteiger partial charge on any atom is -0.354 e. The number of benzene rings is 2. The number of sulfonamides is 1. The molecule has 7 nitrogen and oxygen atoms in total. The minimum absolute atomic E-state index is 0.111. The fourth-order valence-electron chi connectivity index (χ4n) is 3.96. The Labute approximate surface area is 220 Å². The van der Waals surface area contributed by atoms with Crippen LogP contribution < -0.4 is 9.62 Å². The molecular formula is C27H38ClN3O4S. The Kier molecular flexibility index (Phi) is 11.2. The van der Waals surface area contributed by atoms with Crippen molar-refractivity contribution in [1.82, 2.24) is 10.2 Å². The molecule has 0 aromatic heterocycles. The molecule has 0 saturated carbocycles. The smallest absolute Gasteiger partial charge is 0.242 e. The predicted molar refractivity (Wildman–Crippen MR) is 147 cm³/mol. The first kappa shape index (κ1) is 29.6. The van der Waals surface area contributed by atoms with E-state index in [1.807, 2.05) is 52.0 Å². The molecule has 198 valence electrons. The molecule has 36 heavy (non-hydrogen) atoms. The first-order valence-corrected chi connectivity index (χ1v) is 14.5. The zero-order valence-electron chi connectivity index (χ0n) is 21.8. The van der Waals surface area contributed by atoms with Crippen LogP contribution in [0.25, 0.3) is 0 Å². The quantitative estimate of drug-likeness (QED) is 0.400. The van der Waals surface area contributed by atoms with Gasteiger partial charge in [0.05, 0.1) is 11.9 Å². The van der Waals surface area contributed by atoms with Crippen LogP contribution in [-0.4, -0.2) is 50.5 Å². The van der Waals surface area contributed by atoms with Gasteiger partial charge in [-0.15, -0.1) is 0 Å². The molecule has 0 radical (unpaired) electrons. The molecule has 2 amide bonds. The zero-order chi connectivity index (χ0) is 26.9. The van der Waals surface area contributed by atoms with Crippen molar-refractivity contribution in [2.45, 2.75) is 59.5 Å². The van der Waals surface area contributed by atoms with Crippen molar-refractivity contribution in [2.24, 2.45) is 5.92 Å². The van der Waals surface area contributed by atoms with Crippen LogP contribution in [0.1, 0.15) is 51.2 Å². The van der Waals surface area contributed by atoms with Gasteiger partial charge in [0.25, 0.3) is 0 Å². The fraction of sp³-hybridized carbons (Fsp3) is 0.481. The van der Waals surface area contributed by atoms with Crippen molar-refractivity contribution in [3.63, 3.8) is 0 Å². The average molecular weight is 536 g/mol. The lowest BCUT2D eigenvalue weighted by atomic mass is 10.1. The van der Waals surface area contributed by atoms with Crippen molar-refractivity contribution in [2.75, 3.05) is 23.7 Å². The molecule has 2 rings (SSSR count). The lowest BCUT2D eigenvalue weighted by molar-refractivity contribution is -0.141. The van der Waals surface area contributed by atoms with Gasteiger partial charge < -0.3 is 10.2 Å². The molecule has 1 N–H and O–H groups in total. The number of rotatable bonds is 13. The Morgan fingerprint density at radius 3 is 2.31 bits per heavy atom. The number of hydrogen-bond acceptors (Lipinski definition) is 4. The van der Waals surface area contributed by atoms with Gasteiger partial charge in [0.1, 0.15) is 6.04 Å². The van der Waals surface area contributed by atoms with Gasteiger partial charge in [-0.1, -0.05) is 62.2 Å². The highest BCUT2D eigenvalue weighted by Gasteiger charge is 2.29. The Morgan fingerprint density at radius 1 is 1.08 bits per heavy atom. The Morgan fingerprint density at radius 2 is 1.75 bits per heavy atom. The van der Waals surface area contributed by atoms with Gasteiger partial charge in [-0.3, -0.25) is 13.9 Å². The largest absolute Gasteiger partial charge is 0.354 e. The number of aryl methyl sites for hydroxylation is 1. The lowest BCUT2D eigenvalue weighted by Crippen LogP contribution is -2.49. The highest BCUT2D eigenvalue weighted by atomic mass is 35.5. The third-order valence-electron chi connectivity index (χ3n) is 5.77. The number of anilines is 1. The second-order valence-corrected chi connectivity index (χ2v) is 11.8. The summed E-state index contributed by atoms with van der Waals surface area (Å²) in [5, 5.41) is 3.46. The molecular weight excluding hydrogens is 498 g/mol. The van der Waals surface area contributed by atoms with E-state index in [0.29, 0.717) is 42.6 Å². The molecule has 0 bridgehead atoms. The van der Waals surface area contributed by atoms with Crippen LogP contribution in [0.15, 0.2) is 48.5 Å². The minimum atomic E-state index is -3.55. The molecule has 0 saturated heterocycles.